The minimum Gasteiger partial charge on any atom is -0.394 e. The first kappa shape index (κ1) is 15.1. The van der Waals surface area contributed by atoms with Gasteiger partial charge in [0.05, 0.1) is 0 Å². The van der Waals surface area contributed by atoms with Gasteiger partial charge >= 0.3 is 8.56 Å². The van der Waals surface area contributed by atoms with E-state index in [2.05, 4.69) is 48.5 Å². The highest BCUT2D eigenvalue weighted by Crippen LogP contribution is 2.46. The minimum absolute atomic E-state index is 0.133. The third-order valence-electron chi connectivity index (χ3n) is 3.02. The van der Waals surface area contributed by atoms with Crippen molar-refractivity contribution in [1.29, 1.82) is 0 Å². The Kier molecular flexibility index (Phi) is 6.07. The van der Waals surface area contributed by atoms with E-state index in [4.69, 9.17) is 8.85 Å². The van der Waals surface area contributed by atoms with Crippen molar-refractivity contribution in [2.45, 2.75) is 65.5 Å². The van der Waals surface area contributed by atoms with Gasteiger partial charge in [-0.1, -0.05) is 41.0 Å². The lowest BCUT2D eigenvalue weighted by Crippen LogP contribution is -2.53. The number of hydrogen-bond donors (Lipinski definition) is 0. The van der Waals surface area contributed by atoms with Crippen LogP contribution in [0.1, 0.15) is 54.9 Å². The van der Waals surface area contributed by atoms with Gasteiger partial charge in [-0.15, -0.1) is 0 Å². The lowest BCUT2D eigenvalue weighted by Gasteiger charge is -2.44. The van der Waals surface area contributed by atoms with Gasteiger partial charge in [0, 0.05) is 23.8 Å². The molecule has 2 nitrogen and oxygen atoms in total. The Morgan fingerprint density at radius 3 is 1.60 bits per heavy atom. The second kappa shape index (κ2) is 6.02. The fourth-order valence-corrected chi connectivity index (χ4v) is 6.59. The van der Waals surface area contributed by atoms with E-state index < -0.39 is 8.56 Å². The normalized spacial score (nSPS) is 15.4. The van der Waals surface area contributed by atoms with E-state index in [0.717, 1.165) is 19.6 Å². The van der Waals surface area contributed by atoms with E-state index >= 15 is 0 Å². The minimum atomic E-state index is -2.10. The van der Waals surface area contributed by atoms with Crippen LogP contribution < -0.4 is 0 Å². The summed E-state index contributed by atoms with van der Waals surface area (Å²) < 4.78 is 12.2. The highest BCUT2D eigenvalue weighted by Gasteiger charge is 2.52. The molecule has 15 heavy (non-hydrogen) atoms. The van der Waals surface area contributed by atoms with Gasteiger partial charge in [0.25, 0.3) is 0 Å². The van der Waals surface area contributed by atoms with Crippen molar-refractivity contribution in [3.05, 3.63) is 0 Å². The summed E-state index contributed by atoms with van der Waals surface area (Å²) in [4.78, 5) is 0. The third kappa shape index (κ3) is 3.30. The molecule has 0 aromatic heterocycles. The molecule has 0 aliphatic rings. The summed E-state index contributed by atoms with van der Waals surface area (Å²) in [5.41, 5.74) is 0.539. The Hall–Kier alpha value is 0.137. The van der Waals surface area contributed by atoms with Crippen LogP contribution >= 0.6 is 0 Å². The molecule has 0 amide bonds. The maximum Gasteiger partial charge on any atom is 0.346 e. The Balaban J connectivity index is 5.06. The molecular formula is C12H28O2Si. The van der Waals surface area contributed by atoms with Gasteiger partial charge in [-0.05, 0) is 13.8 Å². The molecule has 0 radical (unpaired) electrons. The quantitative estimate of drug-likeness (QED) is 0.642. The van der Waals surface area contributed by atoms with Gasteiger partial charge < -0.3 is 8.85 Å². The SMILES string of the molecule is CCO[Si](OCC)(C(C)CC)C(C)(C)C. The van der Waals surface area contributed by atoms with Crippen molar-refractivity contribution in [2.24, 2.45) is 0 Å². The first-order valence-corrected chi connectivity index (χ1v) is 8.03. The first-order valence-electron chi connectivity index (χ1n) is 6.13. The summed E-state index contributed by atoms with van der Waals surface area (Å²) in [6.07, 6.45) is 1.13. The van der Waals surface area contributed by atoms with Gasteiger partial charge in [0.1, 0.15) is 0 Å². The Morgan fingerprint density at radius 2 is 1.40 bits per heavy atom. The standard InChI is InChI=1S/C12H28O2Si/c1-8-11(4)15(13-9-2,14-10-3)12(5,6)7/h11H,8-10H2,1-7H3. The smallest absolute Gasteiger partial charge is 0.346 e. The molecule has 0 fully saturated rings. The molecule has 0 saturated carbocycles. The molecular weight excluding hydrogens is 204 g/mol. The largest absolute Gasteiger partial charge is 0.394 e. The maximum absolute atomic E-state index is 6.10. The fraction of sp³-hybridized carbons (Fsp3) is 1.00. The topological polar surface area (TPSA) is 18.5 Å². The monoisotopic (exact) mass is 232 g/mol. The summed E-state index contributed by atoms with van der Waals surface area (Å²) in [7, 11) is -2.10. The van der Waals surface area contributed by atoms with Crippen LogP contribution in [0, 0.1) is 0 Å². The molecule has 0 rings (SSSR count). The van der Waals surface area contributed by atoms with Crippen LogP contribution in [-0.2, 0) is 8.85 Å². The molecule has 1 unspecified atom stereocenters. The summed E-state index contributed by atoms with van der Waals surface area (Å²) in [6.45, 7) is 16.9. The number of rotatable bonds is 6. The summed E-state index contributed by atoms with van der Waals surface area (Å²) in [5, 5.41) is 0.133. The highest BCUT2D eigenvalue weighted by molar-refractivity contribution is 6.71. The third-order valence-corrected chi connectivity index (χ3v) is 8.26. The van der Waals surface area contributed by atoms with Crippen LogP contribution in [0.2, 0.25) is 10.6 Å². The van der Waals surface area contributed by atoms with Crippen molar-refractivity contribution in [3.63, 3.8) is 0 Å². The van der Waals surface area contributed by atoms with E-state index in [0.29, 0.717) is 5.54 Å². The van der Waals surface area contributed by atoms with Crippen molar-refractivity contribution < 1.29 is 8.85 Å². The van der Waals surface area contributed by atoms with Gasteiger partial charge in [-0.25, -0.2) is 0 Å². The van der Waals surface area contributed by atoms with Crippen LogP contribution in [0.3, 0.4) is 0 Å². The Labute approximate surface area is 96.6 Å². The highest BCUT2D eigenvalue weighted by atomic mass is 28.4. The van der Waals surface area contributed by atoms with Crippen molar-refractivity contribution in [3.8, 4) is 0 Å². The van der Waals surface area contributed by atoms with Crippen LogP contribution in [0.25, 0.3) is 0 Å². The van der Waals surface area contributed by atoms with Gasteiger partial charge in [0.2, 0.25) is 0 Å². The zero-order valence-corrected chi connectivity index (χ0v) is 12.5. The molecule has 0 bridgehead atoms. The van der Waals surface area contributed by atoms with Crippen LogP contribution in [0.5, 0.6) is 0 Å². The molecule has 0 spiro atoms. The Morgan fingerprint density at radius 1 is 1.00 bits per heavy atom. The van der Waals surface area contributed by atoms with E-state index in [1.165, 1.54) is 0 Å². The maximum atomic E-state index is 6.10. The lowest BCUT2D eigenvalue weighted by molar-refractivity contribution is 0.150. The van der Waals surface area contributed by atoms with Crippen molar-refractivity contribution in [1.82, 2.24) is 0 Å². The Bertz CT molecular complexity index is 169. The van der Waals surface area contributed by atoms with Gasteiger partial charge in [-0.3, -0.25) is 0 Å². The van der Waals surface area contributed by atoms with Gasteiger partial charge in [0.15, 0.2) is 0 Å². The molecule has 1 atom stereocenters. The second-order valence-electron chi connectivity index (χ2n) is 5.09. The molecule has 0 saturated heterocycles. The molecule has 0 aliphatic carbocycles. The van der Waals surface area contributed by atoms with E-state index in [1.807, 2.05) is 0 Å². The average Bonchev–Trinajstić information content (AvgIpc) is 2.14. The molecule has 0 N–H and O–H groups in total. The predicted molar refractivity (Wildman–Crippen MR) is 68.4 cm³/mol. The zero-order valence-electron chi connectivity index (χ0n) is 11.5. The molecule has 92 valence electrons. The first-order chi connectivity index (χ1) is 6.85. The zero-order chi connectivity index (χ0) is 12.1. The van der Waals surface area contributed by atoms with Crippen LogP contribution in [0.15, 0.2) is 0 Å². The summed E-state index contributed by atoms with van der Waals surface area (Å²) in [6, 6.07) is 0. The van der Waals surface area contributed by atoms with Crippen LogP contribution in [0.4, 0.5) is 0 Å². The van der Waals surface area contributed by atoms with Crippen molar-refractivity contribution >= 4 is 8.56 Å². The number of hydrogen-bond acceptors (Lipinski definition) is 2. The molecule has 0 aromatic carbocycles. The summed E-state index contributed by atoms with van der Waals surface area (Å²) >= 11 is 0. The molecule has 0 aromatic rings. The fourth-order valence-electron chi connectivity index (χ4n) is 2.20. The molecule has 3 heteroatoms. The van der Waals surface area contributed by atoms with E-state index in [1.54, 1.807) is 0 Å². The van der Waals surface area contributed by atoms with Crippen LogP contribution in [-0.4, -0.2) is 21.8 Å². The predicted octanol–water partition coefficient (Wildman–Crippen LogP) is 4.10. The van der Waals surface area contributed by atoms with E-state index in [-0.39, 0.29) is 5.04 Å². The van der Waals surface area contributed by atoms with Gasteiger partial charge in [-0.2, -0.15) is 0 Å². The van der Waals surface area contributed by atoms with Crippen molar-refractivity contribution in [2.75, 3.05) is 13.2 Å². The molecule has 0 aliphatic heterocycles. The lowest BCUT2D eigenvalue weighted by atomic mass is 10.2. The molecule has 0 heterocycles. The van der Waals surface area contributed by atoms with E-state index in [9.17, 15) is 0 Å². The second-order valence-corrected chi connectivity index (χ2v) is 9.49. The average molecular weight is 232 g/mol. The summed E-state index contributed by atoms with van der Waals surface area (Å²) in [5.74, 6) is 0.